The standard InChI is InChI=1S/C13H11N5O2S/c14-13-16-8-3-5-18(6-9(8)21-13)12(19)10-7-2-1-4-15-11(7)17-20-10/h1-2,4H,3,5-6H2,(H2,14,16). The molecule has 0 fully saturated rings. The Morgan fingerprint density at radius 1 is 1.48 bits per heavy atom. The van der Waals surface area contributed by atoms with Crippen molar-refractivity contribution in [3.8, 4) is 0 Å². The second kappa shape index (κ2) is 4.52. The Morgan fingerprint density at radius 3 is 3.29 bits per heavy atom. The molecule has 0 spiro atoms. The van der Waals surface area contributed by atoms with Gasteiger partial charge in [-0.2, -0.15) is 0 Å². The Hall–Kier alpha value is -2.48. The molecule has 0 saturated carbocycles. The molecule has 1 amide bonds. The monoisotopic (exact) mass is 301 g/mol. The molecular weight excluding hydrogens is 290 g/mol. The summed E-state index contributed by atoms with van der Waals surface area (Å²) in [6, 6.07) is 3.54. The first-order valence-electron chi connectivity index (χ1n) is 6.46. The smallest absolute Gasteiger partial charge is 0.293 e. The van der Waals surface area contributed by atoms with Crippen molar-refractivity contribution in [1.29, 1.82) is 0 Å². The Labute approximate surface area is 123 Å². The lowest BCUT2D eigenvalue weighted by Crippen LogP contribution is -2.35. The van der Waals surface area contributed by atoms with E-state index < -0.39 is 0 Å². The summed E-state index contributed by atoms with van der Waals surface area (Å²) >= 11 is 1.43. The molecule has 0 unspecified atom stereocenters. The molecular formula is C13H11N5O2S. The van der Waals surface area contributed by atoms with Crippen molar-refractivity contribution in [2.24, 2.45) is 0 Å². The highest BCUT2D eigenvalue weighted by atomic mass is 32.1. The first kappa shape index (κ1) is 12.3. The fourth-order valence-electron chi connectivity index (χ4n) is 2.47. The van der Waals surface area contributed by atoms with Crippen LogP contribution in [-0.4, -0.2) is 32.5 Å². The molecule has 0 atom stereocenters. The molecule has 1 aliphatic heterocycles. The molecule has 0 saturated heterocycles. The molecule has 2 N–H and O–H groups in total. The number of pyridine rings is 1. The zero-order valence-corrected chi connectivity index (χ0v) is 11.8. The fourth-order valence-corrected chi connectivity index (χ4v) is 3.37. The summed E-state index contributed by atoms with van der Waals surface area (Å²) in [5.74, 6) is 0.0576. The summed E-state index contributed by atoms with van der Waals surface area (Å²) in [7, 11) is 0. The van der Waals surface area contributed by atoms with Crippen molar-refractivity contribution in [3.05, 3.63) is 34.7 Å². The van der Waals surface area contributed by atoms with Crippen LogP contribution in [0.15, 0.2) is 22.9 Å². The van der Waals surface area contributed by atoms with E-state index in [-0.39, 0.29) is 11.7 Å². The average molecular weight is 301 g/mol. The summed E-state index contributed by atoms with van der Waals surface area (Å²) in [6.07, 6.45) is 2.32. The lowest BCUT2D eigenvalue weighted by molar-refractivity contribution is 0.0697. The second-order valence-corrected chi connectivity index (χ2v) is 5.90. The van der Waals surface area contributed by atoms with Crippen molar-refractivity contribution in [1.82, 2.24) is 20.0 Å². The van der Waals surface area contributed by atoms with Gasteiger partial charge in [0.15, 0.2) is 5.13 Å². The van der Waals surface area contributed by atoms with E-state index in [9.17, 15) is 4.79 Å². The number of fused-ring (bicyclic) bond motifs is 2. The number of nitrogens with two attached hydrogens (primary N) is 1. The van der Waals surface area contributed by atoms with Gasteiger partial charge in [-0.05, 0) is 12.1 Å². The van der Waals surface area contributed by atoms with E-state index in [1.165, 1.54) is 11.3 Å². The second-order valence-electron chi connectivity index (χ2n) is 4.78. The van der Waals surface area contributed by atoms with E-state index in [1.807, 2.05) is 0 Å². The van der Waals surface area contributed by atoms with Gasteiger partial charge in [0.25, 0.3) is 5.91 Å². The highest BCUT2D eigenvalue weighted by molar-refractivity contribution is 7.15. The van der Waals surface area contributed by atoms with Crippen LogP contribution in [0.3, 0.4) is 0 Å². The molecule has 1 aliphatic rings. The van der Waals surface area contributed by atoms with E-state index in [4.69, 9.17) is 10.3 Å². The van der Waals surface area contributed by atoms with Crippen LogP contribution in [0.4, 0.5) is 5.13 Å². The molecule has 8 heteroatoms. The molecule has 4 heterocycles. The minimum absolute atomic E-state index is 0.178. The van der Waals surface area contributed by atoms with Gasteiger partial charge in [-0.3, -0.25) is 4.79 Å². The van der Waals surface area contributed by atoms with Gasteiger partial charge in [-0.1, -0.05) is 5.16 Å². The minimum Gasteiger partial charge on any atom is -0.375 e. The van der Waals surface area contributed by atoms with Gasteiger partial charge in [-0.25, -0.2) is 9.97 Å². The summed E-state index contributed by atoms with van der Waals surface area (Å²) in [6.45, 7) is 1.10. The van der Waals surface area contributed by atoms with Crippen molar-refractivity contribution in [3.63, 3.8) is 0 Å². The van der Waals surface area contributed by atoms with Crippen LogP contribution >= 0.6 is 11.3 Å². The number of hydrogen-bond donors (Lipinski definition) is 1. The van der Waals surface area contributed by atoms with Crippen LogP contribution in [0.2, 0.25) is 0 Å². The molecule has 0 bridgehead atoms. The third-order valence-corrected chi connectivity index (χ3v) is 4.40. The summed E-state index contributed by atoms with van der Waals surface area (Å²) in [5.41, 5.74) is 7.15. The van der Waals surface area contributed by atoms with Crippen molar-refractivity contribution in [2.75, 3.05) is 12.3 Å². The fraction of sp³-hybridized carbons (Fsp3) is 0.231. The Kier molecular flexibility index (Phi) is 2.64. The van der Waals surface area contributed by atoms with E-state index >= 15 is 0 Å². The highest BCUT2D eigenvalue weighted by Gasteiger charge is 2.28. The van der Waals surface area contributed by atoms with E-state index in [0.29, 0.717) is 35.7 Å². The number of hydrogen-bond acceptors (Lipinski definition) is 7. The molecule has 3 aromatic heterocycles. The number of carbonyl (C=O) groups is 1. The summed E-state index contributed by atoms with van der Waals surface area (Å²) < 4.78 is 5.18. The van der Waals surface area contributed by atoms with Crippen LogP contribution in [0.5, 0.6) is 0 Å². The molecule has 0 radical (unpaired) electrons. The minimum atomic E-state index is -0.178. The van der Waals surface area contributed by atoms with Crippen LogP contribution in [0, 0.1) is 0 Å². The number of rotatable bonds is 1. The molecule has 106 valence electrons. The van der Waals surface area contributed by atoms with Crippen LogP contribution in [0.1, 0.15) is 21.1 Å². The Balaban J connectivity index is 1.67. The van der Waals surface area contributed by atoms with Gasteiger partial charge in [-0.15, -0.1) is 11.3 Å². The zero-order valence-electron chi connectivity index (χ0n) is 10.9. The lowest BCUT2D eigenvalue weighted by Gasteiger charge is -2.24. The third-order valence-electron chi connectivity index (χ3n) is 3.48. The first-order valence-corrected chi connectivity index (χ1v) is 7.28. The lowest BCUT2D eigenvalue weighted by atomic mass is 10.1. The van der Waals surface area contributed by atoms with Crippen LogP contribution in [-0.2, 0) is 13.0 Å². The number of anilines is 1. The van der Waals surface area contributed by atoms with E-state index in [1.54, 1.807) is 23.2 Å². The largest absolute Gasteiger partial charge is 0.375 e. The highest BCUT2D eigenvalue weighted by Crippen LogP contribution is 2.28. The van der Waals surface area contributed by atoms with Gasteiger partial charge >= 0.3 is 0 Å². The van der Waals surface area contributed by atoms with Crippen molar-refractivity contribution < 1.29 is 9.32 Å². The maximum Gasteiger partial charge on any atom is 0.293 e. The van der Waals surface area contributed by atoms with Gasteiger partial charge in [0, 0.05) is 24.0 Å². The molecule has 4 rings (SSSR count). The van der Waals surface area contributed by atoms with Gasteiger partial charge < -0.3 is 15.2 Å². The number of aromatic nitrogens is 3. The molecule has 3 aromatic rings. The number of thiazole rings is 1. The van der Waals surface area contributed by atoms with Crippen molar-refractivity contribution >= 4 is 33.4 Å². The Morgan fingerprint density at radius 2 is 2.38 bits per heavy atom. The van der Waals surface area contributed by atoms with Crippen molar-refractivity contribution in [2.45, 2.75) is 13.0 Å². The number of amides is 1. The first-order chi connectivity index (χ1) is 10.2. The molecule has 21 heavy (non-hydrogen) atoms. The predicted octanol–water partition coefficient (Wildman–Crippen LogP) is 1.46. The molecule has 0 aromatic carbocycles. The van der Waals surface area contributed by atoms with E-state index in [2.05, 4.69) is 15.1 Å². The normalized spacial score (nSPS) is 14.4. The van der Waals surface area contributed by atoms with Gasteiger partial charge in [0.05, 0.1) is 17.6 Å². The average Bonchev–Trinajstić information content (AvgIpc) is 3.07. The van der Waals surface area contributed by atoms with Crippen LogP contribution < -0.4 is 5.73 Å². The quantitative estimate of drug-likeness (QED) is 0.730. The number of carbonyl (C=O) groups excluding carboxylic acids is 1. The zero-order chi connectivity index (χ0) is 14.4. The summed E-state index contributed by atoms with van der Waals surface area (Å²) in [5, 5.41) is 5.00. The molecule has 0 aliphatic carbocycles. The number of nitrogen functional groups attached to an aromatic ring is 1. The van der Waals surface area contributed by atoms with E-state index in [0.717, 1.165) is 10.6 Å². The maximum absolute atomic E-state index is 12.6. The maximum atomic E-state index is 12.6. The third kappa shape index (κ3) is 1.95. The SMILES string of the molecule is Nc1nc2c(s1)CN(C(=O)c1onc3ncccc13)CC2. The molecule has 7 nitrogen and oxygen atoms in total. The topological polar surface area (TPSA) is 98.1 Å². The number of nitrogens with zero attached hydrogens (tertiary/aromatic N) is 4. The Bertz CT molecular complexity index is 840. The van der Waals surface area contributed by atoms with Gasteiger partial charge in [0.1, 0.15) is 0 Å². The predicted molar refractivity (Wildman–Crippen MR) is 76.8 cm³/mol. The van der Waals surface area contributed by atoms with Crippen LogP contribution in [0.25, 0.3) is 11.0 Å². The van der Waals surface area contributed by atoms with Gasteiger partial charge in [0.2, 0.25) is 11.4 Å². The summed E-state index contributed by atoms with van der Waals surface area (Å²) in [4.78, 5) is 23.7.